The van der Waals surface area contributed by atoms with E-state index in [1.807, 2.05) is 19.1 Å². The number of amides is 1. The molecule has 6 nitrogen and oxygen atoms in total. The average molecular weight is 342 g/mol. The maximum absolute atomic E-state index is 12.5. The Morgan fingerprint density at radius 3 is 3.08 bits per heavy atom. The van der Waals surface area contributed by atoms with E-state index < -0.39 is 0 Å². The summed E-state index contributed by atoms with van der Waals surface area (Å²) in [4.78, 5) is 31.4. The third kappa shape index (κ3) is 4.25. The fourth-order valence-corrected chi connectivity index (χ4v) is 3.42. The second kappa shape index (κ2) is 7.78. The van der Waals surface area contributed by atoms with Crippen LogP contribution in [0.4, 0.5) is 0 Å². The van der Waals surface area contributed by atoms with Gasteiger partial charge in [0.1, 0.15) is 11.2 Å². The van der Waals surface area contributed by atoms with Gasteiger partial charge in [-0.25, -0.2) is 4.98 Å². The van der Waals surface area contributed by atoms with E-state index in [0.717, 1.165) is 37.5 Å². The lowest BCUT2D eigenvalue weighted by atomic mass is 10.0. The maximum Gasteiger partial charge on any atom is 0.270 e. The summed E-state index contributed by atoms with van der Waals surface area (Å²) in [5.74, 6) is 0.412. The van der Waals surface area contributed by atoms with Crippen molar-refractivity contribution in [1.29, 1.82) is 0 Å². The van der Waals surface area contributed by atoms with E-state index in [1.54, 1.807) is 6.20 Å². The molecule has 1 N–H and O–H groups in total. The molecule has 0 spiro atoms. The molecule has 1 saturated heterocycles. The van der Waals surface area contributed by atoms with Gasteiger partial charge in [0.25, 0.3) is 11.5 Å². The number of pyridine rings is 1. The Labute approximate surface area is 147 Å². The minimum absolute atomic E-state index is 0.0907. The van der Waals surface area contributed by atoms with E-state index in [2.05, 4.69) is 22.1 Å². The molecule has 1 atom stereocenters. The lowest BCUT2D eigenvalue weighted by Gasteiger charge is -2.30. The fourth-order valence-electron chi connectivity index (χ4n) is 3.42. The minimum atomic E-state index is -0.348. The van der Waals surface area contributed by atoms with Crippen molar-refractivity contribution in [3.8, 4) is 0 Å². The van der Waals surface area contributed by atoms with Crippen LogP contribution in [0.25, 0.3) is 5.65 Å². The molecule has 1 aliphatic rings. The van der Waals surface area contributed by atoms with Crippen molar-refractivity contribution < 1.29 is 4.79 Å². The van der Waals surface area contributed by atoms with Crippen LogP contribution in [0.3, 0.4) is 0 Å². The number of rotatable bonds is 5. The Balaban J connectivity index is 1.56. The monoisotopic (exact) mass is 342 g/mol. The highest BCUT2D eigenvalue weighted by molar-refractivity contribution is 5.93. The molecule has 2 aromatic heterocycles. The van der Waals surface area contributed by atoms with Crippen molar-refractivity contribution in [2.45, 2.75) is 33.1 Å². The molecule has 3 rings (SSSR count). The van der Waals surface area contributed by atoms with Gasteiger partial charge in [-0.15, -0.1) is 0 Å². The number of carbonyl (C=O) groups excluding carboxylic acids is 1. The predicted octanol–water partition coefficient (Wildman–Crippen LogP) is 1.85. The zero-order valence-electron chi connectivity index (χ0n) is 15.0. The van der Waals surface area contributed by atoms with Crippen molar-refractivity contribution in [3.63, 3.8) is 0 Å². The molecule has 0 aliphatic carbocycles. The molecule has 0 saturated carbocycles. The first kappa shape index (κ1) is 17.6. The van der Waals surface area contributed by atoms with Crippen LogP contribution in [-0.4, -0.2) is 46.4 Å². The normalized spacial score (nSPS) is 18.4. The van der Waals surface area contributed by atoms with Gasteiger partial charge in [0.15, 0.2) is 0 Å². The molecule has 0 radical (unpaired) electrons. The van der Waals surface area contributed by atoms with Crippen LogP contribution in [-0.2, 0) is 0 Å². The Morgan fingerprint density at radius 2 is 2.28 bits per heavy atom. The molecular formula is C19H26N4O2. The third-order valence-corrected chi connectivity index (χ3v) is 4.79. The largest absolute Gasteiger partial charge is 0.352 e. The molecule has 1 unspecified atom stereocenters. The summed E-state index contributed by atoms with van der Waals surface area (Å²) in [6.07, 6.45) is 6.49. The highest BCUT2D eigenvalue weighted by Gasteiger charge is 2.16. The summed E-state index contributed by atoms with van der Waals surface area (Å²) < 4.78 is 1.41. The van der Waals surface area contributed by atoms with Gasteiger partial charge in [-0.3, -0.25) is 14.0 Å². The molecule has 0 bridgehead atoms. The summed E-state index contributed by atoms with van der Waals surface area (Å²) in [6, 6.07) is 3.65. The van der Waals surface area contributed by atoms with Crippen LogP contribution in [0.5, 0.6) is 0 Å². The van der Waals surface area contributed by atoms with Gasteiger partial charge < -0.3 is 10.2 Å². The van der Waals surface area contributed by atoms with Crippen molar-refractivity contribution in [3.05, 3.63) is 46.0 Å². The van der Waals surface area contributed by atoms with Crippen LogP contribution in [0.1, 0.15) is 42.1 Å². The molecule has 134 valence electrons. The molecule has 6 heteroatoms. The number of piperidine rings is 1. The van der Waals surface area contributed by atoms with Crippen LogP contribution in [0, 0.1) is 12.8 Å². The smallest absolute Gasteiger partial charge is 0.270 e. The predicted molar refractivity (Wildman–Crippen MR) is 98.0 cm³/mol. The summed E-state index contributed by atoms with van der Waals surface area (Å²) >= 11 is 0. The van der Waals surface area contributed by atoms with Crippen LogP contribution in [0.15, 0.2) is 29.3 Å². The first-order valence-corrected chi connectivity index (χ1v) is 9.03. The van der Waals surface area contributed by atoms with E-state index >= 15 is 0 Å². The summed E-state index contributed by atoms with van der Waals surface area (Å²) in [6.45, 7) is 8.07. The Bertz CT molecular complexity index is 815. The summed E-state index contributed by atoms with van der Waals surface area (Å²) in [5.41, 5.74) is 1.34. The lowest BCUT2D eigenvalue weighted by molar-refractivity contribution is 0.0948. The van der Waals surface area contributed by atoms with Gasteiger partial charge in [-0.1, -0.05) is 6.92 Å². The Hall–Kier alpha value is -2.21. The molecule has 2 aromatic rings. The highest BCUT2D eigenvalue weighted by Crippen LogP contribution is 2.15. The number of aryl methyl sites for hydroxylation is 1. The zero-order valence-corrected chi connectivity index (χ0v) is 15.0. The SMILES string of the molecule is Cc1ccn2c(=O)c(C(=O)NCCCN3CCCC(C)C3)cnc2c1. The molecule has 25 heavy (non-hydrogen) atoms. The molecule has 0 aromatic carbocycles. The van der Waals surface area contributed by atoms with Crippen LogP contribution >= 0.6 is 0 Å². The standard InChI is InChI=1S/C19H26N4O2/c1-14-6-10-23-17(11-14)21-12-16(19(23)25)18(24)20-7-4-9-22-8-3-5-15(2)13-22/h6,10-12,15H,3-5,7-9,13H2,1-2H3,(H,20,24). The Morgan fingerprint density at radius 1 is 1.44 bits per heavy atom. The fraction of sp³-hybridized carbons (Fsp3) is 0.526. The second-order valence-electron chi connectivity index (χ2n) is 7.07. The highest BCUT2D eigenvalue weighted by atomic mass is 16.2. The van der Waals surface area contributed by atoms with E-state index in [9.17, 15) is 9.59 Å². The first-order valence-electron chi connectivity index (χ1n) is 9.03. The van der Waals surface area contributed by atoms with Crippen molar-refractivity contribution in [1.82, 2.24) is 19.6 Å². The number of aromatic nitrogens is 2. The molecule has 1 amide bonds. The summed E-state index contributed by atoms with van der Waals surface area (Å²) in [7, 11) is 0. The minimum Gasteiger partial charge on any atom is -0.352 e. The van der Waals surface area contributed by atoms with Gasteiger partial charge in [0, 0.05) is 25.5 Å². The number of likely N-dealkylation sites (tertiary alicyclic amines) is 1. The van der Waals surface area contributed by atoms with E-state index in [-0.39, 0.29) is 17.0 Å². The molecular weight excluding hydrogens is 316 g/mol. The van der Waals surface area contributed by atoms with E-state index in [1.165, 1.54) is 23.4 Å². The Kier molecular flexibility index (Phi) is 5.48. The molecule has 3 heterocycles. The van der Waals surface area contributed by atoms with Crippen molar-refractivity contribution >= 4 is 11.6 Å². The van der Waals surface area contributed by atoms with Crippen LogP contribution in [0.2, 0.25) is 0 Å². The van der Waals surface area contributed by atoms with Gasteiger partial charge >= 0.3 is 0 Å². The number of nitrogens with one attached hydrogen (secondary N) is 1. The zero-order chi connectivity index (χ0) is 17.8. The van der Waals surface area contributed by atoms with Gasteiger partial charge in [-0.2, -0.15) is 0 Å². The summed E-state index contributed by atoms with van der Waals surface area (Å²) in [5, 5.41) is 2.85. The third-order valence-electron chi connectivity index (χ3n) is 4.79. The molecule has 1 aliphatic heterocycles. The topological polar surface area (TPSA) is 66.7 Å². The maximum atomic E-state index is 12.5. The number of hydrogen-bond acceptors (Lipinski definition) is 4. The number of hydrogen-bond donors (Lipinski definition) is 1. The van der Waals surface area contributed by atoms with Gasteiger partial charge in [-0.05, 0) is 62.9 Å². The lowest BCUT2D eigenvalue weighted by Crippen LogP contribution is -2.37. The molecule has 1 fully saturated rings. The van der Waals surface area contributed by atoms with Crippen molar-refractivity contribution in [2.75, 3.05) is 26.2 Å². The first-order chi connectivity index (χ1) is 12.0. The van der Waals surface area contributed by atoms with Gasteiger partial charge in [0.05, 0.1) is 0 Å². The number of fused-ring (bicyclic) bond motifs is 1. The second-order valence-corrected chi connectivity index (χ2v) is 7.07. The average Bonchev–Trinajstić information content (AvgIpc) is 2.59. The van der Waals surface area contributed by atoms with Crippen molar-refractivity contribution in [2.24, 2.45) is 5.92 Å². The number of carbonyl (C=O) groups is 1. The van der Waals surface area contributed by atoms with E-state index in [0.29, 0.717) is 12.2 Å². The van der Waals surface area contributed by atoms with E-state index in [4.69, 9.17) is 0 Å². The quantitative estimate of drug-likeness (QED) is 0.842. The van der Waals surface area contributed by atoms with Crippen LogP contribution < -0.4 is 10.9 Å². The van der Waals surface area contributed by atoms with Gasteiger partial charge in [0.2, 0.25) is 0 Å². The number of nitrogens with zero attached hydrogens (tertiary/aromatic N) is 3.